The van der Waals surface area contributed by atoms with E-state index in [9.17, 15) is 9.18 Å². The van der Waals surface area contributed by atoms with E-state index in [-0.39, 0.29) is 11.4 Å². The summed E-state index contributed by atoms with van der Waals surface area (Å²) in [5, 5.41) is 8.89. The number of thioether (sulfide) groups is 1. The topological polar surface area (TPSA) is 50.4 Å². The van der Waals surface area contributed by atoms with Gasteiger partial charge in [-0.05, 0) is 37.3 Å². The van der Waals surface area contributed by atoms with Gasteiger partial charge < -0.3 is 9.52 Å². The highest BCUT2D eigenvalue weighted by atomic mass is 32.2. The van der Waals surface area contributed by atoms with Crippen LogP contribution >= 0.6 is 11.8 Å². The molecule has 5 heteroatoms. The van der Waals surface area contributed by atoms with Crippen LogP contribution in [0.15, 0.2) is 39.6 Å². The number of carbonyl (C=O) groups is 1. The maximum absolute atomic E-state index is 12.7. The Bertz CT molecular complexity index is 560. The van der Waals surface area contributed by atoms with Gasteiger partial charge >= 0.3 is 5.97 Å². The van der Waals surface area contributed by atoms with Gasteiger partial charge in [0.05, 0.1) is 5.75 Å². The number of aromatic carboxylic acids is 1. The van der Waals surface area contributed by atoms with E-state index in [1.165, 1.54) is 30.0 Å². The van der Waals surface area contributed by atoms with E-state index in [1.54, 1.807) is 19.1 Å². The summed E-state index contributed by atoms with van der Waals surface area (Å²) in [6.45, 7) is 1.62. The third-order valence-corrected chi connectivity index (χ3v) is 3.43. The maximum Gasteiger partial charge on any atom is 0.339 e. The van der Waals surface area contributed by atoms with E-state index < -0.39 is 5.97 Å². The third-order valence-electron chi connectivity index (χ3n) is 2.39. The molecule has 0 aliphatic rings. The van der Waals surface area contributed by atoms with Crippen LogP contribution in [0.1, 0.15) is 21.9 Å². The molecule has 1 aromatic carbocycles. The lowest BCUT2D eigenvalue weighted by Gasteiger charge is -1.98. The van der Waals surface area contributed by atoms with Crippen LogP contribution in [-0.2, 0) is 5.75 Å². The number of aryl methyl sites for hydroxylation is 1. The molecule has 18 heavy (non-hydrogen) atoms. The Kier molecular flexibility index (Phi) is 3.72. The lowest BCUT2D eigenvalue weighted by molar-refractivity contribution is 0.0695. The second-order valence-electron chi connectivity index (χ2n) is 3.73. The highest BCUT2D eigenvalue weighted by Crippen LogP contribution is 2.25. The Morgan fingerprint density at radius 1 is 1.39 bits per heavy atom. The van der Waals surface area contributed by atoms with Crippen molar-refractivity contribution in [3.63, 3.8) is 0 Å². The molecule has 0 aliphatic heterocycles. The van der Waals surface area contributed by atoms with Crippen LogP contribution in [0.25, 0.3) is 0 Å². The zero-order chi connectivity index (χ0) is 13.1. The fraction of sp³-hybridized carbons (Fsp3) is 0.154. The second-order valence-corrected chi connectivity index (χ2v) is 4.78. The number of benzene rings is 1. The molecule has 0 saturated carbocycles. The SMILES string of the molecule is Cc1oc(CSc2ccc(F)cc2)cc1C(=O)O. The van der Waals surface area contributed by atoms with Crippen LogP contribution in [0.4, 0.5) is 4.39 Å². The molecule has 0 saturated heterocycles. The first-order chi connectivity index (χ1) is 8.56. The molecule has 0 aliphatic carbocycles. The highest BCUT2D eigenvalue weighted by Gasteiger charge is 2.13. The summed E-state index contributed by atoms with van der Waals surface area (Å²) >= 11 is 1.46. The summed E-state index contributed by atoms with van der Waals surface area (Å²) < 4.78 is 18.0. The van der Waals surface area contributed by atoms with E-state index in [0.717, 1.165) is 4.90 Å². The van der Waals surface area contributed by atoms with E-state index >= 15 is 0 Å². The minimum absolute atomic E-state index is 0.185. The van der Waals surface area contributed by atoms with E-state index in [4.69, 9.17) is 9.52 Å². The first-order valence-electron chi connectivity index (χ1n) is 5.27. The predicted octanol–water partition coefficient (Wildman–Crippen LogP) is 3.72. The van der Waals surface area contributed by atoms with E-state index in [1.807, 2.05) is 0 Å². The van der Waals surface area contributed by atoms with Crippen LogP contribution in [0.3, 0.4) is 0 Å². The molecular formula is C13H11FO3S. The van der Waals surface area contributed by atoms with Crippen molar-refractivity contribution in [3.8, 4) is 0 Å². The fourth-order valence-electron chi connectivity index (χ4n) is 1.51. The van der Waals surface area contributed by atoms with Gasteiger partial charge in [0.25, 0.3) is 0 Å². The summed E-state index contributed by atoms with van der Waals surface area (Å²) in [4.78, 5) is 11.7. The molecule has 0 atom stereocenters. The minimum Gasteiger partial charge on any atom is -0.478 e. The first kappa shape index (κ1) is 12.7. The van der Waals surface area contributed by atoms with Gasteiger partial charge in [0.2, 0.25) is 0 Å². The van der Waals surface area contributed by atoms with Crippen molar-refractivity contribution in [1.29, 1.82) is 0 Å². The van der Waals surface area contributed by atoms with Crippen LogP contribution in [0, 0.1) is 12.7 Å². The molecule has 1 aromatic heterocycles. The first-order valence-corrected chi connectivity index (χ1v) is 6.26. The molecule has 3 nitrogen and oxygen atoms in total. The van der Waals surface area contributed by atoms with Crippen molar-refractivity contribution in [2.75, 3.05) is 0 Å². The molecule has 0 fully saturated rings. The molecular weight excluding hydrogens is 255 g/mol. The Labute approximate surface area is 108 Å². The van der Waals surface area contributed by atoms with Gasteiger partial charge in [-0.1, -0.05) is 0 Å². The lowest BCUT2D eigenvalue weighted by atomic mass is 10.2. The van der Waals surface area contributed by atoms with E-state index in [2.05, 4.69) is 0 Å². The number of furan rings is 1. The monoisotopic (exact) mass is 266 g/mol. The molecule has 94 valence electrons. The average molecular weight is 266 g/mol. The second kappa shape index (κ2) is 5.27. The Morgan fingerprint density at radius 2 is 2.06 bits per heavy atom. The van der Waals surface area contributed by atoms with Crippen molar-refractivity contribution >= 4 is 17.7 Å². The normalized spacial score (nSPS) is 10.6. The molecule has 0 bridgehead atoms. The zero-order valence-corrected chi connectivity index (χ0v) is 10.5. The van der Waals surface area contributed by atoms with Gasteiger partial charge in [-0.15, -0.1) is 11.8 Å². The summed E-state index contributed by atoms with van der Waals surface area (Å²) in [7, 11) is 0. The van der Waals surface area contributed by atoms with Crippen molar-refractivity contribution in [2.45, 2.75) is 17.6 Å². The largest absolute Gasteiger partial charge is 0.478 e. The Hall–Kier alpha value is -1.75. The summed E-state index contributed by atoms with van der Waals surface area (Å²) in [5.74, 6) is 0.242. The van der Waals surface area contributed by atoms with Crippen LogP contribution in [0.5, 0.6) is 0 Å². The van der Waals surface area contributed by atoms with Gasteiger partial charge in [0.15, 0.2) is 0 Å². The van der Waals surface area contributed by atoms with Crippen molar-refractivity contribution in [2.24, 2.45) is 0 Å². The third kappa shape index (κ3) is 2.92. The van der Waals surface area contributed by atoms with Crippen molar-refractivity contribution in [3.05, 3.63) is 53.2 Å². The highest BCUT2D eigenvalue weighted by molar-refractivity contribution is 7.98. The number of hydrogen-bond donors (Lipinski definition) is 1. The quantitative estimate of drug-likeness (QED) is 0.857. The number of halogens is 1. The molecule has 0 unspecified atom stereocenters. The summed E-state index contributed by atoms with van der Waals surface area (Å²) in [6.07, 6.45) is 0. The van der Waals surface area contributed by atoms with Gasteiger partial charge in [0.1, 0.15) is 22.9 Å². The minimum atomic E-state index is -0.991. The number of carboxylic acid groups (broad SMARTS) is 1. The molecule has 2 aromatic rings. The summed E-state index contributed by atoms with van der Waals surface area (Å²) in [5.41, 5.74) is 0.185. The standard InChI is InChI=1S/C13H11FO3S/c1-8-12(13(15)16)6-10(17-8)7-18-11-4-2-9(14)3-5-11/h2-6H,7H2,1H3,(H,15,16). The maximum atomic E-state index is 12.7. The van der Waals surface area contributed by atoms with E-state index in [0.29, 0.717) is 17.3 Å². The van der Waals surface area contributed by atoms with Crippen molar-refractivity contribution < 1.29 is 18.7 Å². The van der Waals surface area contributed by atoms with Gasteiger partial charge in [-0.25, -0.2) is 9.18 Å². The van der Waals surface area contributed by atoms with Gasteiger partial charge in [0, 0.05) is 4.90 Å². The van der Waals surface area contributed by atoms with Gasteiger partial charge in [-0.2, -0.15) is 0 Å². The molecule has 0 amide bonds. The molecule has 0 spiro atoms. The number of rotatable bonds is 4. The van der Waals surface area contributed by atoms with Crippen LogP contribution in [0.2, 0.25) is 0 Å². The summed E-state index contributed by atoms with van der Waals surface area (Å²) in [6, 6.07) is 7.65. The van der Waals surface area contributed by atoms with Gasteiger partial charge in [-0.3, -0.25) is 0 Å². The molecule has 1 heterocycles. The predicted molar refractivity (Wildman–Crippen MR) is 66.4 cm³/mol. The van der Waals surface area contributed by atoms with Crippen molar-refractivity contribution in [1.82, 2.24) is 0 Å². The van der Waals surface area contributed by atoms with Crippen LogP contribution in [-0.4, -0.2) is 11.1 Å². The lowest BCUT2D eigenvalue weighted by Crippen LogP contribution is -1.94. The molecule has 2 rings (SSSR count). The number of hydrogen-bond acceptors (Lipinski definition) is 3. The Balaban J connectivity index is 2.04. The zero-order valence-electron chi connectivity index (χ0n) is 9.64. The Morgan fingerprint density at radius 3 is 2.61 bits per heavy atom. The molecule has 1 N–H and O–H groups in total. The number of carboxylic acids is 1. The fourth-order valence-corrected chi connectivity index (χ4v) is 2.29. The smallest absolute Gasteiger partial charge is 0.339 e. The average Bonchev–Trinajstić information content (AvgIpc) is 2.70. The molecule has 0 radical (unpaired) electrons. The van der Waals surface area contributed by atoms with Crippen LogP contribution < -0.4 is 0 Å².